The van der Waals surface area contributed by atoms with Gasteiger partial charge in [0.1, 0.15) is 23.7 Å². The summed E-state index contributed by atoms with van der Waals surface area (Å²) in [4.78, 5) is 10.7. The van der Waals surface area contributed by atoms with Crippen molar-refractivity contribution >= 4 is 19.5 Å². The third kappa shape index (κ3) is 5.65. The molecule has 6 nitrogen and oxygen atoms in total. The zero-order valence-electron chi connectivity index (χ0n) is 16.9. The molecule has 1 aliphatic heterocycles. The fourth-order valence-electron chi connectivity index (χ4n) is 3.13. The molecule has 1 fully saturated rings. The Balaban J connectivity index is 1.68. The average molecular weight is 387 g/mol. The molecule has 2 aromatic rings. The molecule has 1 atom stereocenters. The van der Waals surface area contributed by atoms with Gasteiger partial charge in [-0.15, -0.1) is 0 Å². The van der Waals surface area contributed by atoms with Gasteiger partial charge in [0.2, 0.25) is 0 Å². The SMILES string of the molecule is BN1CCC(Nc2ncncc2C(=N)C(=C)/C=C\C(=C/C)Oc2ccccc2)C1. The fraction of sp³-hybridized carbons (Fsp3) is 0.227. The lowest BCUT2D eigenvalue weighted by atomic mass is 10.0. The van der Waals surface area contributed by atoms with E-state index in [1.807, 2.05) is 49.4 Å². The van der Waals surface area contributed by atoms with Crippen molar-refractivity contribution in [2.24, 2.45) is 0 Å². The van der Waals surface area contributed by atoms with Gasteiger partial charge in [-0.1, -0.05) is 24.8 Å². The summed E-state index contributed by atoms with van der Waals surface area (Å²) in [6.45, 7) is 7.96. The summed E-state index contributed by atoms with van der Waals surface area (Å²) < 4.78 is 5.84. The van der Waals surface area contributed by atoms with E-state index in [2.05, 4.69) is 34.7 Å². The van der Waals surface area contributed by atoms with Crippen molar-refractivity contribution in [3.8, 4) is 5.75 Å². The first-order valence-electron chi connectivity index (χ1n) is 9.67. The number of para-hydroxylation sites is 1. The van der Waals surface area contributed by atoms with E-state index in [4.69, 9.17) is 10.1 Å². The first-order chi connectivity index (χ1) is 14.1. The molecule has 0 spiro atoms. The Labute approximate surface area is 173 Å². The Morgan fingerprint density at radius 1 is 1.34 bits per heavy atom. The van der Waals surface area contributed by atoms with E-state index in [0.717, 1.165) is 25.3 Å². The molecule has 148 valence electrons. The Kier molecular flexibility index (Phi) is 6.97. The Bertz CT molecular complexity index is 926. The van der Waals surface area contributed by atoms with E-state index in [9.17, 15) is 0 Å². The first-order valence-corrected chi connectivity index (χ1v) is 9.67. The van der Waals surface area contributed by atoms with Crippen LogP contribution in [0.25, 0.3) is 0 Å². The smallest absolute Gasteiger partial charge is 0.185 e. The van der Waals surface area contributed by atoms with Crippen LogP contribution >= 0.6 is 0 Å². The van der Waals surface area contributed by atoms with Crippen molar-refractivity contribution in [2.75, 3.05) is 18.4 Å². The molecular formula is C22H26BN5O. The first kappa shape index (κ1) is 20.5. The van der Waals surface area contributed by atoms with Crippen LogP contribution in [0.1, 0.15) is 18.9 Å². The van der Waals surface area contributed by atoms with Gasteiger partial charge in [0.15, 0.2) is 7.98 Å². The van der Waals surface area contributed by atoms with Crippen molar-refractivity contribution in [2.45, 2.75) is 19.4 Å². The van der Waals surface area contributed by atoms with Crippen LogP contribution in [0.5, 0.6) is 5.75 Å². The largest absolute Gasteiger partial charge is 0.458 e. The number of nitrogens with zero attached hydrogens (tertiary/aromatic N) is 3. The van der Waals surface area contributed by atoms with Gasteiger partial charge in [-0.3, -0.25) is 5.41 Å². The fourth-order valence-corrected chi connectivity index (χ4v) is 3.13. The number of ether oxygens (including phenoxy) is 1. The molecule has 0 radical (unpaired) electrons. The molecule has 0 amide bonds. The molecule has 1 unspecified atom stereocenters. The number of hydrogen-bond donors (Lipinski definition) is 2. The highest BCUT2D eigenvalue weighted by Gasteiger charge is 2.21. The van der Waals surface area contributed by atoms with Crippen molar-refractivity contribution in [1.82, 2.24) is 14.8 Å². The van der Waals surface area contributed by atoms with Crippen LogP contribution in [0, 0.1) is 5.41 Å². The molecule has 2 heterocycles. The second kappa shape index (κ2) is 9.84. The summed E-state index contributed by atoms with van der Waals surface area (Å²) in [6, 6.07) is 9.90. The quantitative estimate of drug-likeness (QED) is 0.315. The number of aromatic nitrogens is 2. The maximum Gasteiger partial charge on any atom is 0.185 e. The van der Waals surface area contributed by atoms with Gasteiger partial charge in [0, 0.05) is 18.8 Å². The van der Waals surface area contributed by atoms with Gasteiger partial charge in [-0.25, -0.2) is 9.97 Å². The van der Waals surface area contributed by atoms with Gasteiger partial charge in [0.05, 0.1) is 11.3 Å². The number of hydrogen-bond acceptors (Lipinski definition) is 6. The van der Waals surface area contributed by atoms with Crippen LogP contribution in [0.2, 0.25) is 0 Å². The number of allylic oxidation sites excluding steroid dienone is 4. The van der Waals surface area contributed by atoms with Gasteiger partial charge >= 0.3 is 0 Å². The third-order valence-corrected chi connectivity index (χ3v) is 4.75. The second-order valence-electron chi connectivity index (χ2n) is 7.02. The normalized spacial score (nSPS) is 17.4. The van der Waals surface area contributed by atoms with Gasteiger partial charge in [0.25, 0.3) is 0 Å². The lowest BCUT2D eigenvalue weighted by molar-refractivity contribution is 0.443. The van der Waals surface area contributed by atoms with Gasteiger partial charge < -0.3 is 14.9 Å². The number of anilines is 1. The number of benzene rings is 1. The van der Waals surface area contributed by atoms with E-state index < -0.39 is 0 Å². The van der Waals surface area contributed by atoms with E-state index in [0.29, 0.717) is 28.8 Å². The topological polar surface area (TPSA) is 74.1 Å². The van der Waals surface area contributed by atoms with E-state index in [1.165, 1.54) is 6.33 Å². The standard InChI is InChI=1S/C22H26BN5O/c1-3-18(29-19-7-5-4-6-8-19)10-9-16(2)21(24)20-13-25-15-26-22(20)27-17-11-12-28(23)14-17/h3-10,13,15,17,24H,2,11-12,14,23H2,1H3,(H,25,26,27)/b10-9-,18-3+,24-21?. The lowest BCUT2D eigenvalue weighted by Crippen LogP contribution is -2.26. The predicted molar refractivity (Wildman–Crippen MR) is 120 cm³/mol. The molecular weight excluding hydrogens is 361 g/mol. The molecule has 7 heteroatoms. The minimum Gasteiger partial charge on any atom is -0.458 e. The molecule has 29 heavy (non-hydrogen) atoms. The Morgan fingerprint density at radius 2 is 2.14 bits per heavy atom. The molecule has 0 saturated carbocycles. The molecule has 1 saturated heterocycles. The Hall–Kier alpha value is -3.19. The Morgan fingerprint density at radius 3 is 2.83 bits per heavy atom. The molecule has 1 aromatic carbocycles. The second-order valence-corrected chi connectivity index (χ2v) is 7.02. The molecule has 0 aliphatic carbocycles. The molecule has 3 rings (SSSR count). The van der Waals surface area contributed by atoms with Crippen LogP contribution in [0.4, 0.5) is 5.82 Å². The molecule has 2 N–H and O–H groups in total. The number of rotatable bonds is 8. The maximum absolute atomic E-state index is 8.57. The lowest BCUT2D eigenvalue weighted by Gasteiger charge is -2.16. The van der Waals surface area contributed by atoms with Gasteiger partial charge in [-0.05, 0) is 55.8 Å². The third-order valence-electron chi connectivity index (χ3n) is 4.75. The maximum atomic E-state index is 8.57. The average Bonchev–Trinajstić information content (AvgIpc) is 3.16. The van der Waals surface area contributed by atoms with E-state index >= 15 is 0 Å². The van der Waals surface area contributed by atoms with Crippen LogP contribution in [-0.4, -0.2) is 47.6 Å². The van der Waals surface area contributed by atoms with E-state index in [-0.39, 0.29) is 5.71 Å². The summed E-state index contributed by atoms with van der Waals surface area (Å²) in [5.41, 5.74) is 1.48. The van der Waals surface area contributed by atoms with Crippen molar-refractivity contribution in [1.29, 1.82) is 5.41 Å². The molecule has 1 aromatic heterocycles. The van der Waals surface area contributed by atoms with Crippen LogP contribution in [0.3, 0.4) is 0 Å². The van der Waals surface area contributed by atoms with Crippen molar-refractivity contribution in [3.05, 3.63) is 84.6 Å². The summed E-state index contributed by atoms with van der Waals surface area (Å²) in [5.74, 6) is 2.11. The molecule has 1 aliphatic rings. The summed E-state index contributed by atoms with van der Waals surface area (Å²) >= 11 is 0. The summed E-state index contributed by atoms with van der Waals surface area (Å²) in [6.07, 6.45) is 9.67. The van der Waals surface area contributed by atoms with Crippen LogP contribution in [-0.2, 0) is 0 Å². The highest BCUT2D eigenvalue weighted by molar-refractivity contribution is 6.14. The summed E-state index contributed by atoms with van der Waals surface area (Å²) in [5, 5.41) is 12.0. The minimum atomic E-state index is 0.283. The van der Waals surface area contributed by atoms with Crippen molar-refractivity contribution < 1.29 is 4.74 Å². The van der Waals surface area contributed by atoms with Gasteiger partial charge in [-0.2, -0.15) is 0 Å². The monoisotopic (exact) mass is 387 g/mol. The predicted octanol–water partition coefficient (Wildman–Crippen LogP) is 2.97. The zero-order valence-corrected chi connectivity index (χ0v) is 16.9. The zero-order chi connectivity index (χ0) is 20.6. The minimum absolute atomic E-state index is 0.283. The highest BCUT2D eigenvalue weighted by Crippen LogP contribution is 2.20. The summed E-state index contributed by atoms with van der Waals surface area (Å²) in [7, 11) is 2.10. The van der Waals surface area contributed by atoms with Crippen LogP contribution in [0.15, 0.2) is 79.0 Å². The number of nitrogens with one attached hydrogen (secondary N) is 2. The highest BCUT2D eigenvalue weighted by atomic mass is 16.5. The van der Waals surface area contributed by atoms with E-state index in [1.54, 1.807) is 12.3 Å². The van der Waals surface area contributed by atoms with Crippen LogP contribution < -0.4 is 10.1 Å². The van der Waals surface area contributed by atoms with Crippen molar-refractivity contribution in [3.63, 3.8) is 0 Å². The molecule has 0 bridgehead atoms.